The van der Waals surface area contributed by atoms with Crippen molar-refractivity contribution in [2.75, 3.05) is 13.1 Å². The molecule has 3 rings (SSSR count). The van der Waals surface area contributed by atoms with Gasteiger partial charge in [0.1, 0.15) is 4.88 Å². The van der Waals surface area contributed by atoms with Crippen molar-refractivity contribution in [1.82, 2.24) is 24.6 Å². The van der Waals surface area contributed by atoms with Gasteiger partial charge < -0.3 is 9.42 Å². The number of rotatable bonds is 4. The van der Waals surface area contributed by atoms with Crippen molar-refractivity contribution in [1.29, 1.82) is 0 Å². The zero-order valence-corrected chi connectivity index (χ0v) is 14.5. The number of aryl methyl sites for hydroxylation is 1. The van der Waals surface area contributed by atoms with E-state index in [9.17, 15) is 4.79 Å². The number of piperidine rings is 1. The van der Waals surface area contributed by atoms with Gasteiger partial charge in [0, 0.05) is 19.5 Å². The number of carbonyl (C=O) groups excluding carboxylic acids is 1. The molecule has 23 heavy (non-hydrogen) atoms. The van der Waals surface area contributed by atoms with Gasteiger partial charge >= 0.3 is 0 Å². The maximum absolute atomic E-state index is 12.6. The summed E-state index contributed by atoms with van der Waals surface area (Å²) in [5.41, 5.74) is 0.694. The van der Waals surface area contributed by atoms with Crippen molar-refractivity contribution in [3.8, 4) is 0 Å². The molecule has 1 unspecified atom stereocenters. The number of aromatic nitrogens is 4. The third-order valence-electron chi connectivity index (χ3n) is 3.98. The van der Waals surface area contributed by atoms with Crippen LogP contribution < -0.4 is 0 Å². The van der Waals surface area contributed by atoms with Gasteiger partial charge in [0.2, 0.25) is 5.89 Å². The number of hydrogen-bond acceptors (Lipinski definition) is 7. The third-order valence-corrected chi connectivity index (χ3v) is 4.79. The number of nitrogens with zero attached hydrogens (tertiary/aromatic N) is 5. The molecule has 8 heteroatoms. The SMILES string of the molecule is Cc1nnsc1C(=O)N1CCCC(c2nc(CC(C)C)no2)C1. The molecule has 0 radical (unpaired) electrons. The highest BCUT2D eigenvalue weighted by atomic mass is 32.1. The minimum atomic E-state index is 0.00381. The van der Waals surface area contributed by atoms with Crippen LogP contribution in [0.25, 0.3) is 0 Å². The molecule has 2 aromatic heterocycles. The molecule has 0 spiro atoms. The van der Waals surface area contributed by atoms with Crippen LogP contribution in [0.4, 0.5) is 0 Å². The Morgan fingerprint density at radius 2 is 2.30 bits per heavy atom. The summed E-state index contributed by atoms with van der Waals surface area (Å²) in [6.45, 7) is 7.43. The smallest absolute Gasteiger partial charge is 0.267 e. The summed E-state index contributed by atoms with van der Waals surface area (Å²) in [5.74, 6) is 2.01. The van der Waals surface area contributed by atoms with E-state index < -0.39 is 0 Å². The lowest BCUT2D eigenvalue weighted by molar-refractivity contribution is 0.0699. The van der Waals surface area contributed by atoms with E-state index in [1.54, 1.807) is 0 Å². The topological polar surface area (TPSA) is 85.0 Å². The number of hydrogen-bond donors (Lipinski definition) is 0. The van der Waals surface area contributed by atoms with E-state index in [2.05, 4.69) is 33.6 Å². The average Bonchev–Trinajstić information content (AvgIpc) is 3.15. The van der Waals surface area contributed by atoms with Gasteiger partial charge in [-0.25, -0.2) is 0 Å². The second-order valence-corrected chi connectivity index (χ2v) is 7.18. The van der Waals surface area contributed by atoms with Crippen molar-refractivity contribution in [2.45, 2.75) is 46.0 Å². The van der Waals surface area contributed by atoms with Crippen molar-refractivity contribution in [2.24, 2.45) is 5.92 Å². The molecule has 1 aliphatic rings. The van der Waals surface area contributed by atoms with E-state index in [1.807, 2.05) is 11.8 Å². The van der Waals surface area contributed by atoms with Crippen LogP contribution in [-0.2, 0) is 6.42 Å². The normalized spacial score (nSPS) is 18.6. The highest BCUT2D eigenvalue weighted by Crippen LogP contribution is 2.27. The molecular weight excluding hydrogens is 314 g/mol. The van der Waals surface area contributed by atoms with Crippen LogP contribution in [0.1, 0.15) is 59.7 Å². The van der Waals surface area contributed by atoms with Gasteiger partial charge in [0.25, 0.3) is 5.91 Å². The minimum Gasteiger partial charge on any atom is -0.339 e. The number of likely N-dealkylation sites (tertiary alicyclic amines) is 1. The molecule has 0 bridgehead atoms. The van der Waals surface area contributed by atoms with Crippen LogP contribution >= 0.6 is 11.5 Å². The highest BCUT2D eigenvalue weighted by Gasteiger charge is 2.30. The Balaban J connectivity index is 1.70. The van der Waals surface area contributed by atoms with Crippen molar-refractivity contribution < 1.29 is 9.32 Å². The van der Waals surface area contributed by atoms with Crippen LogP contribution in [0.2, 0.25) is 0 Å². The summed E-state index contributed by atoms with van der Waals surface area (Å²) in [7, 11) is 0. The number of amides is 1. The maximum Gasteiger partial charge on any atom is 0.267 e. The van der Waals surface area contributed by atoms with E-state index in [0.29, 0.717) is 28.9 Å². The lowest BCUT2D eigenvalue weighted by atomic mass is 9.97. The molecule has 1 fully saturated rings. The molecule has 1 saturated heterocycles. The molecule has 2 aromatic rings. The summed E-state index contributed by atoms with van der Waals surface area (Å²) in [6, 6.07) is 0. The lowest BCUT2D eigenvalue weighted by Gasteiger charge is -2.30. The monoisotopic (exact) mass is 335 g/mol. The fraction of sp³-hybridized carbons (Fsp3) is 0.667. The molecule has 0 N–H and O–H groups in total. The fourth-order valence-electron chi connectivity index (χ4n) is 2.82. The molecular formula is C15H21N5O2S. The highest BCUT2D eigenvalue weighted by molar-refractivity contribution is 7.07. The van der Waals surface area contributed by atoms with Crippen LogP contribution in [0, 0.1) is 12.8 Å². The fourth-order valence-corrected chi connectivity index (χ4v) is 3.44. The van der Waals surface area contributed by atoms with Gasteiger partial charge in [0.15, 0.2) is 5.82 Å². The summed E-state index contributed by atoms with van der Waals surface area (Å²) >= 11 is 1.16. The first-order chi connectivity index (χ1) is 11.0. The predicted octanol–water partition coefficient (Wildman–Crippen LogP) is 2.45. The first-order valence-corrected chi connectivity index (χ1v) is 8.72. The van der Waals surface area contributed by atoms with Crippen molar-refractivity contribution in [3.05, 3.63) is 22.3 Å². The Morgan fingerprint density at radius 3 is 3.00 bits per heavy atom. The average molecular weight is 335 g/mol. The second-order valence-electron chi connectivity index (χ2n) is 6.42. The third kappa shape index (κ3) is 3.57. The first kappa shape index (κ1) is 16.0. The largest absolute Gasteiger partial charge is 0.339 e. The Morgan fingerprint density at radius 1 is 1.48 bits per heavy atom. The molecule has 3 heterocycles. The van der Waals surface area contributed by atoms with Crippen LogP contribution in [0.15, 0.2) is 4.52 Å². The standard InChI is InChI=1S/C15H21N5O2S/c1-9(2)7-12-16-14(22-18-12)11-5-4-6-20(8-11)15(21)13-10(3)17-19-23-13/h9,11H,4-8H2,1-3H3. The zero-order valence-electron chi connectivity index (χ0n) is 13.7. The van der Waals surface area contributed by atoms with Gasteiger partial charge in [0.05, 0.1) is 11.6 Å². The predicted molar refractivity (Wildman–Crippen MR) is 85.4 cm³/mol. The number of carbonyl (C=O) groups is 1. The van der Waals surface area contributed by atoms with Crippen LogP contribution in [0.3, 0.4) is 0 Å². The molecule has 124 valence electrons. The van der Waals surface area contributed by atoms with Crippen LogP contribution in [-0.4, -0.2) is 43.6 Å². The van der Waals surface area contributed by atoms with Gasteiger partial charge in [-0.15, -0.1) is 5.10 Å². The van der Waals surface area contributed by atoms with Gasteiger partial charge in [-0.3, -0.25) is 4.79 Å². The Bertz CT molecular complexity index is 681. The molecule has 0 aromatic carbocycles. The van der Waals surface area contributed by atoms with E-state index in [4.69, 9.17) is 4.52 Å². The Hall–Kier alpha value is -1.83. The lowest BCUT2D eigenvalue weighted by Crippen LogP contribution is -2.39. The minimum absolute atomic E-state index is 0.00381. The van der Waals surface area contributed by atoms with E-state index >= 15 is 0 Å². The molecule has 0 aliphatic carbocycles. The van der Waals surface area contributed by atoms with Gasteiger partial charge in [-0.1, -0.05) is 23.5 Å². The summed E-state index contributed by atoms with van der Waals surface area (Å²) in [6.07, 6.45) is 2.71. The Labute approximate surface area is 139 Å². The van der Waals surface area contributed by atoms with E-state index in [0.717, 1.165) is 43.2 Å². The van der Waals surface area contributed by atoms with E-state index in [-0.39, 0.29) is 11.8 Å². The molecule has 7 nitrogen and oxygen atoms in total. The molecule has 1 amide bonds. The quantitative estimate of drug-likeness (QED) is 0.853. The maximum atomic E-state index is 12.6. The molecule has 1 aliphatic heterocycles. The molecule has 1 atom stereocenters. The summed E-state index contributed by atoms with van der Waals surface area (Å²) in [5, 5.41) is 7.98. The summed E-state index contributed by atoms with van der Waals surface area (Å²) < 4.78 is 9.28. The zero-order chi connectivity index (χ0) is 16.4. The molecule has 0 saturated carbocycles. The summed E-state index contributed by atoms with van der Waals surface area (Å²) in [4.78, 5) is 19.6. The van der Waals surface area contributed by atoms with Gasteiger partial charge in [-0.2, -0.15) is 4.98 Å². The van der Waals surface area contributed by atoms with Crippen LogP contribution in [0.5, 0.6) is 0 Å². The van der Waals surface area contributed by atoms with Gasteiger partial charge in [-0.05, 0) is 37.2 Å². The van der Waals surface area contributed by atoms with Crippen molar-refractivity contribution >= 4 is 17.4 Å². The van der Waals surface area contributed by atoms with Crippen molar-refractivity contribution in [3.63, 3.8) is 0 Å². The Kier molecular flexibility index (Phi) is 4.70. The van der Waals surface area contributed by atoms with E-state index in [1.165, 1.54) is 0 Å². The second kappa shape index (κ2) is 6.74. The first-order valence-electron chi connectivity index (χ1n) is 7.95.